The minimum Gasteiger partial charge on any atom is -0.363 e. The lowest BCUT2D eigenvalue weighted by Crippen LogP contribution is -2.47. The Labute approximate surface area is 243 Å². The SMILES string of the molecule is CCc1c(N2CCNCC2)c(=O)n2nc(C3=CC4CC(=O)CC4C3)nc2n1CC(=O)Nc1ccc(C(F)(F)F)cc1Cl. The first-order valence-corrected chi connectivity index (χ1v) is 14.3. The maximum absolute atomic E-state index is 13.9. The fourth-order valence-electron chi connectivity index (χ4n) is 6.23. The van der Waals surface area contributed by atoms with Gasteiger partial charge in [0.05, 0.1) is 22.0 Å². The smallest absolute Gasteiger partial charge is 0.363 e. The summed E-state index contributed by atoms with van der Waals surface area (Å²) in [5.41, 5.74) is 0.684. The third kappa shape index (κ3) is 5.19. The van der Waals surface area contributed by atoms with E-state index in [9.17, 15) is 27.6 Å². The molecule has 1 saturated carbocycles. The Morgan fingerprint density at radius 1 is 1.17 bits per heavy atom. The molecule has 3 aliphatic rings. The van der Waals surface area contributed by atoms with Crippen molar-refractivity contribution < 1.29 is 22.8 Å². The number of aromatic nitrogens is 4. The van der Waals surface area contributed by atoms with Gasteiger partial charge in [-0.05, 0) is 48.4 Å². The third-order valence-electron chi connectivity index (χ3n) is 8.21. The van der Waals surface area contributed by atoms with Crippen molar-refractivity contribution in [3.05, 3.63) is 56.7 Å². The molecule has 3 heterocycles. The lowest BCUT2D eigenvalue weighted by atomic mass is 10.00. The van der Waals surface area contributed by atoms with E-state index in [4.69, 9.17) is 16.6 Å². The van der Waals surface area contributed by atoms with Crippen molar-refractivity contribution in [3.8, 4) is 0 Å². The number of hydrogen-bond acceptors (Lipinski definition) is 7. The first-order chi connectivity index (χ1) is 20.0. The molecule has 2 aliphatic carbocycles. The van der Waals surface area contributed by atoms with Crippen molar-refractivity contribution in [1.82, 2.24) is 24.5 Å². The monoisotopic (exact) mass is 603 g/mol. The zero-order valence-electron chi connectivity index (χ0n) is 22.8. The second kappa shape index (κ2) is 10.8. The number of hydrogen-bond donors (Lipinski definition) is 2. The fourth-order valence-corrected chi connectivity index (χ4v) is 6.46. The summed E-state index contributed by atoms with van der Waals surface area (Å²) < 4.78 is 42.1. The summed E-state index contributed by atoms with van der Waals surface area (Å²) >= 11 is 6.08. The highest BCUT2D eigenvalue weighted by Gasteiger charge is 2.38. The topological polar surface area (TPSA) is 114 Å². The molecule has 0 spiro atoms. The molecule has 1 amide bonds. The van der Waals surface area contributed by atoms with E-state index < -0.39 is 17.6 Å². The summed E-state index contributed by atoms with van der Waals surface area (Å²) in [7, 11) is 0. The molecule has 2 N–H and O–H groups in total. The third-order valence-corrected chi connectivity index (χ3v) is 8.52. The first-order valence-electron chi connectivity index (χ1n) is 13.9. The van der Waals surface area contributed by atoms with Crippen LogP contribution in [0.5, 0.6) is 0 Å². The molecule has 2 fully saturated rings. The van der Waals surface area contributed by atoms with Crippen LogP contribution in [0, 0.1) is 11.8 Å². The van der Waals surface area contributed by atoms with Crippen LogP contribution in [0.2, 0.25) is 5.02 Å². The van der Waals surface area contributed by atoms with Gasteiger partial charge < -0.3 is 20.1 Å². The highest BCUT2D eigenvalue weighted by atomic mass is 35.5. The molecule has 6 rings (SSSR count). The number of ketones is 1. The number of piperazine rings is 1. The summed E-state index contributed by atoms with van der Waals surface area (Å²) in [6, 6.07) is 2.72. The van der Waals surface area contributed by atoms with E-state index in [0.717, 1.165) is 23.8 Å². The van der Waals surface area contributed by atoms with Crippen LogP contribution in [0.25, 0.3) is 11.4 Å². The summed E-state index contributed by atoms with van der Waals surface area (Å²) in [6.45, 7) is 4.15. The van der Waals surface area contributed by atoms with Crippen LogP contribution >= 0.6 is 11.6 Å². The van der Waals surface area contributed by atoms with Gasteiger partial charge in [-0.2, -0.15) is 22.7 Å². The van der Waals surface area contributed by atoms with Crippen molar-refractivity contribution in [2.45, 2.75) is 45.3 Å². The Bertz CT molecular complexity index is 1670. The van der Waals surface area contributed by atoms with Gasteiger partial charge in [-0.25, -0.2) is 0 Å². The van der Waals surface area contributed by atoms with Crippen LogP contribution in [-0.4, -0.2) is 57.0 Å². The number of fused-ring (bicyclic) bond motifs is 2. The highest BCUT2D eigenvalue weighted by Crippen LogP contribution is 2.44. The van der Waals surface area contributed by atoms with E-state index in [1.165, 1.54) is 4.52 Å². The van der Waals surface area contributed by atoms with Crippen molar-refractivity contribution >= 4 is 46.0 Å². The van der Waals surface area contributed by atoms with E-state index >= 15 is 0 Å². The van der Waals surface area contributed by atoms with Crippen molar-refractivity contribution in [1.29, 1.82) is 0 Å². The molecule has 222 valence electrons. The Morgan fingerprint density at radius 2 is 1.93 bits per heavy atom. The fraction of sp³-hybridized carbons (Fsp3) is 0.464. The molecule has 2 aromatic heterocycles. The number of amides is 1. The van der Waals surface area contributed by atoms with Gasteiger partial charge in [-0.15, -0.1) is 5.10 Å². The van der Waals surface area contributed by atoms with Gasteiger partial charge in [-0.3, -0.25) is 14.4 Å². The van der Waals surface area contributed by atoms with E-state index in [0.29, 0.717) is 69.1 Å². The largest absolute Gasteiger partial charge is 0.416 e. The lowest BCUT2D eigenvalue weighted by molar-refractivity contribution is -0.137. The number of rotatable bonds is 6. The number of carbonyl (C=O) groups excluding carboxylic acids is 2. The van der Waals surface area contributed by atoms with E-state index in [-0.39, 0.29) is 46.2 Å². The second-order valence-electron chi connectivity index (χ2n) is 10.9. The molecule has 0 radical (unpaired) electrons. The van der Waals surface area contributed by atoms with Gasteiger partial charge in [-0.1, -0.05) is 24.6 Å². The minimum absolute atomic E-state index is 0.0338. The zero-order chi connectivity index (χ0) is 29.8. The van der Waals surface area contributed by atoms with Crippen LogP contribution in [0.3, 0.4) is 0 Å². The molecule has 1 saturated heterocycles. The average Bonchev–Trinajstić information content (AvgIpc) is 3.64. The molecule has 42 heavy (non-hydrogen) atoms. The first kappa shape index (κ1) is 28.4. The summed E-state index contributed by atoms with van der Waals surface area (Å²) in [4.78, 5) is 45.8. The van der Waals surface area contributed by atoms with Crippen molar-refractivity contribution in [2.24, 2.45) is 11.8 Å². The number of allylic oxidation sites excluding steroid dienone is 2. The molecule has 0 bridgehead atoms. The van der Waals surface area contributed by atoms with E-state index in [1.807, 2.05) is 17.9 Å². The van der Waals surface area contributed by atoms with Gasteiger partial charge >= 0.3 is 6.18 Å². The van der Waals surface area contributed by atoms with Gasteiger partial charge in [0.25, 0.3) is 5.56 Å². The summed E-state index contributed by atoms with van der Waals surface area (Å²) in [5.74, 6) is 0.609. The standard InChI is InChI=1S/C28H29ClF3N7O3/c1-2-22-24(37-7-5-33-6-8-37)26(42)39-27(35-25(36-39)17-9-15-11-19(40)12-16(15)10-17)38(22)14-23(41)34-21-4-3-18(13-20(21)29)28(30,31)32/h3-4,9,13,15-16,33H,2,5-8,10-12,14H2,1H3,(H,34,41). The molecular weight excluding hydrogens is 575 g/mol. The molecule has 14 heteroatoms. The highest BCUT2D eigenvalue weighted by molar-refractivity contribution is 6.33. The molecule has 2 atom stereocenters. The number of nitrogens with one attached hydrogen (secondary N) is 2. The maximum atomic E-state index is 13.9. The predicted molar refractivity (Wildman–Crippen MR) is 151 cm³/mol. The van der Waals surface area contributed by atoms with Gasteiger partial charge in [0.15, 0.2) is 5.82 Å². The van der Waals surface area contributed by atoms with E-state index in [1.54, 1.807) is 4.57 Å². The van der Waals surface area contributed by atoms with Crippen LogP contribution in [0.15, 0.2) is 29.1 Å². The molecule has 3 aromatic rings. The molecule has 1 aliphatic heterocycles. The second-order valence-corrected chi connectivity index (χ2v) is 11.3. The van der Waals surface area contributed by atoms with Crippen molar-refractivity contribution in [2.75, 3.05) is 36.4 Å². The number of anilines is 2. The molecule has 10 nitrogen and oxygen atoms in total. The van der Waals surface area contributed by atoms with E-state index in [2.05, 4.69) is 15.7 Å². The molecule has 2 unspecified atom stereocenters. The normalized spacial score (nSPS) is 20.7. The average molecular weight is 604 g/mol. The van der Waals surface area contributed by atoms with Gasteiger partial charge in [0.2, 0.25) is 11.7 Å². The van der Waals surface area contributed by atoms with Crippen LogP contribution in [0.1, 0.15) is 43.3 Å². The quantitative estimate of drug-likeness (QED) is 0.443. The van der Waals surface area contributed by atoms with Gasteiger partial charge in [0.1, 0.15) is 18.0 Å². The number of carbonyl (C=O) groups is 2. The Hall–Kier alpha value is -3.71. The predicted octanol–water partition coefficient (Wildman–Crippen LogP) is 3.56. The summed E-state index contributed by atoms with van der Waals surface area (Å²) in [6.07, 6.45) is -0.482. The Balaban J connectivity index is 1.40. The number of halogens is 4. The van der Waals surface area contributed by atoms with Crippen LogP contribution in [-0.2, 0) is 28.7 Å². The van der Waals surface area contributed by atoms with Gasteiger partial charge in [0, 0.05) is 39.0 Å². The Morgan fingerprint density at radius 3 is 2.60 bits per heavy atom. The number of alkyl halides is 3. The number of nitrogens with zero attached hydrogens (tertiary/aromatic N) is 5. The Kier molecular flexibility index (Phi) is 7.34. The summed E-state index contributed by atoms with van der Waals surface area (Å²) in [5, 5.41) is 10.2. The van der Waals surface area contributed by atoms with Crippen LogP contribution < -0.4 is 21.1 Å². The molecular formula is C28H29ClF3N7O3. The number of benzene rings is 1. The number of Topliss-reactive ketones (excluding diaryl/α,β-unsaturated/α-hetero) is 1. The minimum atomic E-state index is -4.57. The molecule has 1 aromatic carbocycles. The lowest BCUT2D eigenvalue weighted by Gasteiger charge is -2.31. The maximum Gasteiger partial charge on any atom is 0.416 e. The van der Waals surface area contributed by atoms with Crippen molar-refractivity contribution in [3.63, 3.8) is 0 Å². The zero-order valence-corrected chi connectivity index (χ0v) is 23.6. The van der Waals surface area contributed by atoms with Crippen LogP contribution in [0.4, 0.5) is 24.5 Å².